The lowest BCUT2D eigenvalue weighted by atomic mass is 9.70. The topological polar surface area (TPSA) is 37.3 Å². The second kappa shape index (κ2) is 6.29. The lowest BCUT2D eigenvalue weighted by molar-refractivity contribution is -0.151. The lowest BCUT2D eigenvalue weighted by Gasteiger charge is -2.33. The van der Waals surface area contributed by atoms with Gasteiger partial charge < -0.3 is 5.11 Å². The predicted octanol–water partition coefficient (Wildman–Crippen LogP) is 3.99. The summed E-state index contributed by atoms with van der Waals surface area (Å²) in [5, 5.41) is 9.40. The third-order valence-corrected chi connectivity index (χ3v) is 3.78. The molecular formula is C13H21ClO2. The Balaban J connectivity index is 2.56. The molecule has 92 valence electrons. The Morgan fingerprint density at radius 2 is 1.94 bits per heavy atom. The van der Waals surface area contributed by atoms with E-state index in [2.05, 4.69) is 6.58 Å². The average Bonchev–Trinajstić information content (AvgIpc) is 2.27. The van der Waals surface area contributed by atoms with Crippen molar-refractivity contribution in [3.8, 4) is 0 Å². The molecule has 0 amide bonds. The van der Waals surface area contributed by atoms with Crippen LogP contribution in [0.3, 0.4) is 0 Å². The fourth-order valence-electron chi connectivity index (χ4n) is 2.58. The van der Waals surface area contributed by atoms with Crippen LogP contribution in [-0.4, -0.2) is 17.0 Å². The highest BCUT2D eigenvalue weighted by Crippen LogP contribution is 2.42. The zero-order valence-corrected chi connectivity index (χ0v) is 10.6. The maximum atomic E-state index is 11.4. The van der Waals surface area contributed by atoms with E-state index in [0.29, 0.717) is 12.3 Å². The van der Waals surface area contributed by atoms with E-state index in [4.69, 9.17) is 11.6 Å². The Hall–Kier alpha value is -0.500. The molecule has 0 unspecified atom stereocenters. The normalized spacial score (nSPS) is 19.3. The Morgan fingerprint density at radius 3 is 2.44 bits per heavy atom. The summed E-state index contributed by atoms with van der Waals surface area (Å²) in [7, 11) is 0. The Morgan fingerprint density at radius 1 is 1.31 bits per heavy atom. The monoisotopic (exact) mass is 244 g/mol. The summed E-state index contributed by atoms with van der Waals surface area (Å²) in [5.74, 6) is -0.0155. The van der Waals surface area contributed by atoms with E-state index in [9.17, 15) is 9.90 Å². The van der Waals surface area contributed by atoms with Gasteiger partial charge in [0.2, 0.25) is 0 Å². The fourth-order valence-corrected chi connectivity index (χ4v) is 2.71. The molecule has 1 rings (SSSR count). The second-order valence-electron chi connectivity index (χ2n) is 4.87. The van der Waals surface area contributed by atoms with Crippen molar-refractivity contribution in [3.05, 3.63) is 12.2 Å². The SMILES string of the molecule is C=C(CCCCl)CC1(C(=O)O)CCCCC1. The van der Waals surface area contributed by atoms with E-state index in [1.54, 1.807) is 0 Å². The van der Waals surface area contributed by atoms with Gasteiger partial charge in [-0.3, -0.25) is 4.79 Å². The van der Waals surface area contributed by atoms with E-state index in [1.165, 1.54) is 6.42 Å². The molecule has 1 fully saturated rings. The van der Waals surface area contributed by atoms with Gasteiger partial charge in [-0.2, -0.15) is 0 Å². The molecule has 0 atom stereocenters. The van der Waals surface area contributed by atoms with Gasteiger partial charge >= 0.3 is 5.97 Å². The molecule has 0 heterocycles. The number of alkyl halides is 1. The fraction of sp³-hybridized carbons (Fsp3) is 0.769. The number of carboxylic acid groups (broad SMARTS) is 1. The highest BCUT2D eigenvalue weighted by Gasteiger charge is 2.39. The number of carboxylic acids is 1. The van der Waals surface area contributed by atoms with E-state index in [-0.39, 0.29) is 0 Å². The minimum atomic E-state index is -0.640. The molecular weight excluding hydrogens is 224 g/mol. The first-order valence-electron chi connectivity index (χ1n) is 6.07. The van der Waals surface area contributed by atoms with Crippen molar-refractivity contribution in [2.24, 2.45) is 5.41 Å². The first kappa shape index (κ1) is 13.6. The molecule has 1 N–H and O–H groups in total. The van der Waals surface area contributed by atoms with Gasteiger partial charge in [0.25, 0.3) is 0 Å². The van der Waals surface area contributed by atoms with Crippen molar-refractivity contribution in [1.82, 2.24) is 0 Å². The summed E-state index contributed by atoms with van der Waals surface area (Å²) < 4.78 is 0. The summed E-state index contributed by atoms with van der Waals surface area (Å²) >= 11 is 5.63. The van der Waals surface area contributed by atoms with Gasteiger partial charge in [0.1, 0.15) is 0 Å². The molecule has 0 aliphatic heterocycles. The van der Waals surface area contributed by atoms with E-state index >= 15 is 0 Å². The average molecular weight is 245 g/mol. The highest BCUT2D eigenvalue weighted by molar-refractivity contribution is 6.17. The zero-order valence-electron chi connectivity index (χ0n) is 9.80. The van der Waals surface area contributed by atoms with Crippen LogP contribution in [0, 0.1) is 5.41 Å². The van der Waals surface area contributed by atoms with Crippen molar-refractivity contribution < 1.29 is 9.90 Å². The molecule has 16 heavy (non-hydrogen) atoms. The van der Waals surface area contributed by atoms with Crippen molar-refractivity contribution in [2.45, 2.75) is 51.4 Å². The second-order valence-corrected chi connectivity index (χ2v) is 5.24. The van der Waals surface area contributed by atoms with Crippen LogP contribution in [0.4, 0.5) is 0 Å². The lowest BCUT2D eigenvalue weighted by Crippen LogP contribution is -2.33. The van der Waals surface area contributed by atoms with Crippen LogP contribution in [-0.2, 0) is 4.79 Å². The van der Waals surface area contributed by atoms with Gasteiger partial charge in [-0.25, -0.2) is 0 Å². The summed E-state index contributed by atoms with van der Waals surface area (Å²) in [6.07, 6.45) is 7.26. The standard InChI is InChI=1S/C13H21ClO2/c1-11(6-5-9-14)10-13(12(15)16)7-3-2-4-8-13/h1-10H2,(H,15,16). The maximum absolute atomic E-state index is 11.4. The summed E-state index contributed by atoms with van der Waals surface area (Å²) in [4.78, 5) is 11.4. The number of hydrogen-bond acceptors (Lipinski definition) is 1. The van der Waals surface area contributed by atoms with Crippen LogP contribution in [0.15, 0.2) is 12.2 Å². The minimum absolute atomic E-state index is 0.526. The molecule has 0 aromatic rings. The number of halogens is 1. The molecule has 3 heteroatoms. The summed E-state index contributed by atoms with van der Waals surface area (Å²) in [6.45, 7) is 3.99. The smallest absolute Gasteiger partial charge is 0.309 e. The van der Waals surface area contributed by atoms with Crippen molar-refractivity contribution >= 4 is 17.6 Å². The molecule has 0 radical (unpaired) electrons. The first-order chi connectivity index (χ1) is 7.60. The molecule has 0 saturated heterocycles. The molecule has 1 aliphatic rings. The van der Waals surface area contributed by atoms with Gasteiger partial charge in [-0.1, -0.05) is 31.4 Å². The van der Waals surface area contributed by atoms with Gasteiger partial charge in [-0.05, 0) is 32.1 Å². The number of carbonyl (C=O) groups is 1. The largest absolute Gasteiger partial charge is 0.481 e. The van der Waals surface area contributed by atoms with Crippen LogP contribution in [0.25, 0.3) is 0 Å². The third-order valence-electron chi connectivity index (χ3n) is 3.52. The predicted molar refractivity (Wildman–Crippen MR) is 66.9 cm³/mol. The van der Waals surface area contributed by atoms with Crippen LogP contribution in [0.5, 0.6) is 0 Å². The summed E-state index contributed by atoms with van der Waals surface area (Å²) in [6, 6.07) is 0. The van der Waals surface area contributed by atoms with Crippen LogP contribution < -0.4 is 0 Å². The number of hydrogen-bond donors (Lipinski definition) is 1. The number of rotatable bonds is 6. The molecule has 0 bridgehead atoms. The minimum Gasteiger partial charge on any atom is -0.481 e. The summed E-state index contributed by atoms with van der Waals surface area (Å²) in [5.41, 5.74) is 0.520. The molecule has 0 aromatic carbocycles. The quantitative estimate of drug-likeness (QED) is 0.567. The van der Waals surface area contributed by atoms with Crippen LogP contribution >= 0.6 is 11.6 Å². The van der Waals surface area contributed by atoms with Crippen molar-refractivity contribution in [2.75, 3.05) is 5.88 Å². The molecule has 0 spiro atoms. The van der Waals surface area contributed by atoms with Crippen molar-refractivity contribution in [3.63, 3.8) is 0 Å². The molecule has 1 saturated carbocycles. The number of aliphatic carboxylic acids is 1. The van der Waals surface area contributed by atoms with Crippen LogP contribution in [0.1, 0.15) is 51.4 Å². The molecule has 2 nitrogen and oxygen atoms in total. The van der Waals surface area contributed by atoms with Gasteiger partial charge in [0.05, 0.1) is 5.41 Å². The van der Waals surface area contributed by atoms with Gasteiger partial charge in [0, 0.05) is 5.88 Å². The Labute approximate surface area is 103 Å². The zero-order chi connectivity index (χ0) is 12.0. The third kappa shape index (κ3) is 3.51. The first-order valence-corrected chi connectivity index (χ1v) is 6.60. The maximum Gasteiger partial charge on any atom is 0.309 e. The molecule has 1 aliphatic carbocycles. The Bertz CT molecular complexity index is 255. The van der Waals surface area contributed by atoms with Gasteiger partial charge in [-0.15, -0.1) is 11.6 Å². The van der Waals surface area contributed by atoms with Crippen molar-refractivity contribution in [1.29, 1.82) is 0 Å². The highest BCUT2D eigenvalue weighted by atomic mass is 35.5. The Kier molecular flexibility index (Phi) is 5.33. The van der Waals surface area contributed by atoms with E-state index in [0.717, 1.165) is 44.1 Å². The van der Waals surface area contributed by atoms with Crippen LogP contribution in [0.2, 0.25) is 0 Å². The van der Waals surface area contributed by atoms with Gasteiger partial charge in [0.15, 0.2) is 0 Å². The van der Waals surface area contributed by atoms with E-state index in [1.807, 2.05) is 0 Å². The molecule has 0 aromatic heterocycles. The number of allylic oxidation sites excluding steroid dienone is 1. The van der Waals surface area contributed by atoms with E-state index < -0.39 is 11.4 Å².